The SMILES string of the molecule is CC(C)(C)OC(=O)Nc1cc(C2CCCCN2)ccn1. The molecule has 0 aliphatic carbocycles. The zero-order valence-corrected chi connectivity index (χ0v) is 12.4. The first-order chi connectivity index (χ1) is 9.44. The molecular formula is C15H23N3O2. The first kappa shape index (κ1) is 14.8. The summed E-state index contributed by atoms with van der Waals surface area (Å²) in [6.07, 6.45) is 4.83. The fraction of sp³-hybridized carbons (Fsp3) is 0.600. The average Bonchev–Trinajstić information content (AvgIpc) is 2.38. The molecule has 20 heavy (non-hydrogen) atoms. The topological polar surface area (TPSA) is 63.2 Å². The van der Waals surface area contributed by atoms with E-state index in [1.165, 1.54) is 12.8 Å². The lowest BCUT2D eigenvalue weighted by Gasteiger charge is -2.24. The average molecular weight is 277 g/mol. The molecule has 1 aromatic rings. The van der Waals surface area contributed by atoms with Gasteiger partial charge in [0.1, 0.15) is 11.4 Å². The van der Waals surface area contributed by atoms with Crippen LogP contribution in [-0.4, -0.2) is 23.2 Å². The summed E-state index contributed by atoms with van der Waals surface area (Å²) in [6, 6.07) is 4.25. The number of piperidine rings is 1. The number of hydrogen-bond donors (Lipinski definition) is 2. The van der Waals surface area contributed by atoms with Crippen LogP contribution < -0.4 is 10.6 Å². The van der Waals surface area contributed by atoms with Gasteiger partial charge in [-0.15, -0.1) is 0 Å². The molecule has 1 aromatic heterocycles. The Kier molecular flexibility index (Phi) is 4.60. The van der Waals surface area contributed by atoms with E-state index in [0.717, 1.165) is 18.5 Å². The van der Waals surface area contributed by atoms with Gasteiger partial charge in [-0.3, -0.25) is 5.32 Å². The zero-order valence-electron chi connectivity index (χ0n) is 12.4. The second-order valence-corrected chi connectivity index (χ2v) is 6.10. The van der Waals surface area contributed by atoms with Gasteiger partial charge in [-0.25, -0.2) is 9.78 Å². The molecule has 0 bridgehead atoms. The van der Waals surface area contributed by atoms with Gasteiger partial charge in [0.15, 0.2) is 0 Å². The summed E-state index contributed by atoms with van der Waals surface area (Å²) in [5, 5.41) is 6.16. The summed E-state index contributed by atoms with van der Waals surface area (Å²) >= 11 is 0. The van der Waals surface area contributed by atoms with Crippen LogP contribution in [0, 0.1) is 0 Å². The van der Waals surface area contributed by atoms with E-state index in [4.69, 9.17) is 4.74 Å². The number of nitrogens with zero attached hydrogens (tertiary/aromatic N) is 1. The van der Waals surface area contributed by atoms with Crippen molar-refractivity contribution in [3.8, 4) is 0 Å². The van der Waals surface area contributed by atoms with Gasteiger partial charge in [0, 0.05) is 12.2 Å². The van der Waals surface area contributed by atoms with Gasteiger partial charge in [-0.05, 0) is 57.9 Å². The molecule has 1 atom stereocenters. The standard InChI is InChI=1S/C15H23N3O2/c1-15(2,3)20-14(19)18-13-10-11(7-9-17-13)12-6-4-5-8-16-12/h7,9-10,12,16H,4-6,8H2,1-3H3,(H,17,18,19). The number of aromatic nitrogens is 1. The smallest absolute Gasteiger partial charge is 0.413 e. The number of rotatable bonds is 2. The minimum Gasteiger partial charge on any atom is -0.444 e. The maximum absolute atomic E-state index is 11.7. The molecule has 1 saturated heterocycles. The number of amides is 1. The molecule has 1 aliphatic heterocycles. The summed E-state index contributed by atoms with van der Waals surface area (Å²) in [7, 11) is 0. The monoisotopic (exact) mass is 277 g/mol. The summed E-state index contributed by atoms with van der Waals surface area (Å²) in [5.74, 6) is 0.532. The van der Waals surface area contributed by atoms with Gasteiger partial charge >= 0.3 is 6.09 Å². The van der Waals surface area contributed by atoms with Crippen molar-refractivity contribution in [1.82, 2.24) is 10.3 Å². The largest absolute Gasteiger partial charge is 0.444 e. The third kappa shape index (κ3) is 4.49. The normalized spacial score (nSPS) is 19.4. The molecule has 0 aromatic carbocycles. The third-order valence-electron chi connectivity index (χ3n) is 3.13. The molecule has 5 heteroatoms. The molecule has 1 fully saturated rings. The summed E-state index contributed by atoms with van der Waals surface area (Å²) in [4.78, 5) is 15.9. The molecule has 1 unspecified atom stereocenters. The highest BCUT2D eigenvalue weighted by Gasteiger charge is 2.18. The summed E-state index contributed by atoms with van der Waals surface area (Å²) < 4.78 is 5.22. The molecule has 0 radical (unpaired) electrons. The van der Waals surface area contributed by atoms with Crippen LogP contribution in [0.4, 0.5) is 10.6 Å². The van der Waals surface area contributed by atoms with Crippen molar-refractivity contribution in [2.45, 2.75) is 51.7 Å². The van der Waals surface area contributed by atoms with Crippen LogP contribution in [0.15, 0.2) is 18.3 Å². The van der Waals surface area contributed by atoms with Crippen molar-refractivity contribution in [3.05, 3.63) is 23.9 Å². The van der Waals surface area contributed by atoms with Crippen molar-refractivity contribution >= 4 is 11.9 Å². The van der Waals surface area contributed by atoms with E-state index in [-0.39, 0.29) is 0 Å². The number of ether oxygens (including phenoxy) is 1. The van der Waals surface area contributed by atoms with Gasteiger partial charge in [0.25, 0.3) is 0 Å². The molecule has 2 heterocycles. The molecule has 0 spiro atoms. The summed E-state index contributed by atoms with van der Waals surface area (Å²) in [6.45, 7) is 6.55. The van der Waals surface area contributed by atoms with Crippen LogP contribution in [-0.2, 0) is 4.74 Å². The second-order valence-electron chi connectivity index (χ2n) is 6.10. The highest BCUT2D eigenvalue weighted by molar-refractivity contribution is 5.83. The van der Waals surface area contributed by atoms with Crippen LogP contribution in [0.25, 0.3) is 0 Å². The van der Waals surface area contributed by atoms with Crippen molar-refractivity contribution in [1.29, 1.82) is 0 Å². The minimum atomic E-state index is -0.507. The lowest BCUT2D eigenvalue weighted by atomic mass is 9.98. The van der Waals surface area contributed by atoms with Crippen molar-refractivity contribution in [2.75, 3.05) is 11.9 Å². The lowest BCUT2D eigenvalue weighted by Crippen LogP contribution is -2.28. The number of anilines is 1. The number of carbonyl (C=O) groups excluding carboxylic acids is 1. The van der Waals surface area contributed by atoms with Crippen molar-refractivity contribution in [2.24, 2.45) is 0 Å². The Morgan fingerprint density at radius 3 is 2.90 bits per heavy atom. The van der Waals surface area contributed by atoms with Gasteiger partial charge < -0.3 is 10.1 Å². The highest BCUT2D eigenvalue weighted by Crippen LogP contribution is 2.24. The number of pyridine rings is 1. The van der Waals surface area contributed by atoms with E-state index >= 15 is 0 Å². The first-order valence-electron chi connectivity index (χ1n) is 7.13. The Morgan fingerprint density at radius 2 is 2.25 bits per heavy atom. The molecule has 1 amide bonds. The quantitative estimate of drug-likeness (QED) is 0.871. The Labute approximate surface area is 120 Å². The Morgan fingerprint density at radius 1 is 1.45 bits per heavy atom. The number of hydrogen-bond acceptors (Lipinski definition) is 4. The van der Waals surface area contributed by atoms with Crippen LogP contribution in [0.1, 0.15) is 51.6 Å². The molecule has 110 valence electrons. The second kappa shape index (κ2) is 6.22. The molecule has 2 N–H and O–H groups in total. The predicted molar refractivity (Wildman–Crippen MR) is 78.7 cm³/mol. The van der Waals surface area contributed by atoms with Crippen molar-refractivity contribution < 1.29 is 9.53 Å². The van der Waals surface area contributed by atoms with E-state index < -0.39 is 11.7 Å². The first-order valence-corrected chi connectivity index (χ1v) is 7.13. The van der Waals surface area contributed by atoms with E-state index in [0.29, 0.717) is 11.9 Å². The molecule has 0 saturated carbocycles. The highest BCUT2D eigenvalue weighted by atomic mass is 16.6. The Bertz CT molecular complexity index is 462. The fourth-order valence-electron chi connectivity index (χ4n) is 2.28. The Hall–Kier alpha value is -1.62. The van der Waals surface area contributed by atoms with Crippen LogP contribution in [0.3, 0.4) is 0 Å². The zero-order chi connectivity index (χ0) is 14.6. The molecular weight excluding hydrogens is 254 g/mol. The van der Waals surface area contributed by atoms with E-state index in [1.54, 1.807) is 6.20 Å². The maximum Gasteiger partial charge on any atom is 0.413 e. The third-order valence-corrected chi connectivity index (χ3v) is 3.13. The van der Waals surface area contributed by atoms with E-state index in [1.807, 2.05) is 32.9 Å². The van der Waals surface area contributed by atoms with Crippen LogP contribution in [0.5, 0.6) is 0 Å². The summed E-state index contributed by atoms with van der Waals surface area (Å²) in [5.41, 5.74) is 0.651. The maximum atomic E-state index is 11.7. The van der Waals surface area contributed by atoms with Crippen LogP contribution >= 0.6 is 0 Å². The van der Waals surface area contributed by atoms with Gasteiger partial charge in [-0.1, -0.05) is 6.42 Å². The Balaban J connectivity index is 2.00. The lowest BCUT2D eigenvalue weighted by molar-refractivity contribution is 0.0635. The van der Waals surface area contributed by atoms with Crippen molar-refractivity contribution in [3.63, 3.8) is 0 Å². The molecule has 2 rings (SSSR count). The fourth-order valence-corrected chi connectivity index (χ4v) is 2.28. The van der Waals surface area contributed by atoms with Gasteiger partial charge in [0.05, 0.1) is 0 Å². The van der Waals surface area contributed by atoms with Crippen LogP contribution in [0.2, 0.25) is 0 Å². The minimum absolute atomic E-state index is 0.353. The molecule has 1 aliphatic rings. The van der Waals surface area contributed by atoms with Gasteiger partial charge in [-0.2, -0.15) is 0 Å². The van der Waals surface area contributed by atoms with E-state index in [9.17, 15) is 4.79 Å². The molecule has 5 nitrogen and oxygen atoms in total. The van der Waals surface area contributed by atoms with Gasteiger partial charge in [0.2, 0.25) is 0 Å². The van der Waals surface area contributed by atoms with E-state index in [2.05, 4.69) is 15.6 Å². The predicted octanol–water partition coefficient (Wildman–Crippen LogP) is 3.24. The number of nitrogens with one attached hydrogen (secondary N) is 2. The number of carbonyl (C=O) groups is 1.